The number of ether oxygens (including phenoxy) is 2. The monoisotopic (exact) mass is 338 g/mol. The van der Waals surface area contributed by atoms with Crippen molar-refractivity contribution in [2.45, 2.75) is 6.18 Å². The van der Waals surface area contributed by atoms with Gasteiger partial charge in [-0.25, -0.2) is 9.59 Å². The fourth-order valence-corrected chi connectivity index (χ4v) is 2.25. The minimum atomic E-state index is -4.72. The molecule has 0 bridgehead atoms. The van der Waals surface area contributed by atoms with Crippen molar-refractivity contribution in [2.75, 3.05) is 14.2 Å². The summed E-state index contributed by atoms with van der Waals surface area (Å²) in [5.74, 6) is -1.98. The van der Waals surface area contributed by atoms with Gasteiger partial charge in [0.2, 0.25) is 0 Å². The number of methoxy groups -OCH3 is 2. The number of carbonyl (C=O) groups excluding carboxylic acids is 2. The Bertz CT molecular complexity index is 767. The number of halogens is 3. The Morgan fingerprint density at radius 2 is 1.38 bits per heavy atom. The van der Waals surface area contributed by atoms with Crippen molar-refractivity contribution in [2.24, 2.45) is 0 Å². The summed E-state index contributed by atoms with van der Waals surface area (Å²) in [5, 5.41) is 0. The minimum absolute atomic E-state index is 0.226. The highest BCUT2D eigenvalue weighted by Gasteiger charge is 2.36. The molecule has 0 aromatic heterocycles. The van der Waals surface area contributed by atoms with E-state index in [1.54, 1.807) is 18.2 Å². The van der Waals surface area contributed by atoms with E-state index >= 15 is 0 Å². The molecule has 0 aliphatic rings. The summed E-state index contributed by atoms with van der Waals surface area (Å²) in [4.78, 5) is 23.7. The molecule has 0 saturated carbocycles. The van der Waals surface area contributed by atoms with E-state index in [0.29, 0.717) is 6.07 Å². The molecule has 0 unspecified atom stereocenters. The number of carbonyl (C=O) groups is 2. The van der Waals surface area contributed by atoms with Gasteiger partial charge >= 0.3 is 18.1 Å². The van der Waals surface area contributed by atoms with Crippen LogP contribution in [0.5, 0.6) is 0 Å². The molecular formula is C17H13F3O4. The van der Waals surface area contributed by atoms with Crippen molar-refractivity contribution in [3.05, 3.63) is 59.2 Å². The fraction of sp³-hybridized carbons (Fsp3) is 0.176. The lowest BCUT2D eigenvalue weighted by molar-refractivity contribution is -0.137. The molecule has 0 fully saturated rings. The van der Waals surface area contributed by atoms with Gasteiger partial charge in [-0.15, -0.1) is 0 Å². The van der Waals surface area contributed by atoms with Crippen LogP contribution >= 0.6 is 0 Å². The summed E-state index contributed by atoms with van der Waals surface area (Å²) in [6.07, 6.45) is -4.72. The SMILES string of the molecule is COC(=O)c1cc(-c2ccccc2)c(C(F)(F)F)cc1C(=O)OC. The molecule has 0 aliphatic carbocycles. The second kappa shape index (κ2) is 6.74. The number of hydrogen-bond acceptors (Lipinski definition) is 4. The van der Waals surface area contributed by atoms with E-state index in [0.717, 1.165) is 20.3 Å². The molecule has 126 valence electrons. The van der Waals surface area contributed by atoms with Crippen LogP contribution in [0, 0.1) is 0 Å². The van der Waals surface area contributed by atoms with Crippen LogP contribution in [0.2, 0.25) is 0 Å². The van der Waals surface area contributed by atoms with E-state index in [4.69, 9.17) is 0 Å². The minimum Gasteiger partial charge on any atom is -0.465 e. The van der Waals surface area contributed by atoms with Gasteiger partial charge < -0.3 is 9.47 Å². The van der Waals surface area contributed by atoms with Crippen LogP contribution < -0.4 is 0 Å². The first-order valence-corrected chi connectivity index (χ1v) is 6.77. The normalized spacial score (nSPS) is 11.0. The average molecular weight is 338 g/mol. The van der Waals surface area contributed by atoms with Crippen LogP contribution in [0.25, 0.3) is 11.1 Å². The van der Waals surface area contributed by atoms with E-state index in [9.17, 15) is 22.8 Å². The van der Waals surface area contributed by atoms with E-state index in [1.165, 1.54) is 12.1 Å². The van der Waals surface area contributed by atoms with Gasteiger partial charge in [0.15, 0.2) is 0 Å². The molecule has 0 atom stereocenters. The molecule has 2 aromatic carbocycles. The Morgan fingerprint density at radius 3 is 1.83 bits per heavy atom. The zero-order valence-corrected chi connectivity index (χ0v) is 12.8. The molecule has 0 heterocycles. The second-order valence-corrected chi connectivity index (χ2v) is 4.79. The summed E-state index contributed by atoms with van der Waals surface area (Å²) >= 11 is 0. The quantitative estimate of drug-likeness (QED) is 0.796. The molecule has 0 aliphatic heterocycles. The van der Waals surface area contributed by atoms with Crippen molar-refractivity contribution in [1.82, 2.24) is 0 Å². The maximum atomic E-state index is 13.4. The highest BCUT2D eigenvalue weighted by Crippen LogP contribution is 2.39. The third-order valence-electron chi connectivity index (χ3n) is 3.36. The number of rotatable bonds is 3. The van der Waals surface area contributed by atoms with Crippen LogP contribution in [-0.4, -0.2) is 26.2 Å². The highest BCUT2D eigenvalue weighted by molar-refractivity contribution is 6.04. The molecular weight excluding hydrogens is 325 g/mol. The fourth-order valence-electron chi connectivity index (χ4n) is 2.25. The summed E-state index contributed by atoms with van der Waals surface area (Å²) in [7, 11) is 2.09. The van der Waals surface area contributed by atoms with E-state index < -0.39 is 29.2 Å². The average Bonchev–Trinajstić information content (AvgIpc) is 2.59. The standard InChI is InChI=1S/C17H13F3O4/c1-23-15(21)12-8-11(10-6-4-3-5-7-10)14(17(18,19)20)9-13(12)16(22)24-2/h3-9H,1-2H3. The van der Waals surface area contributed by atoms with Crippen molar-refractivity contribution >= 4 is 11.9 Å². The highest BCUT2D eigenvalue weighted by atomic mass is 19.4. The first-order chi connectivity index (χ1) is 11.3. The van der Waals surface area contributed by atoms with Crippen LogP contribution in [0.15, 0.2) is 42.5 Å². The Hall–Kier alpha value is -2.83. The Labute approximate surface area is 135 Å². The summed E-state index contributed by atoms with van der Waals surface area (Å²) in [5.41, 5.74) is -1.81. The van der Waals surface area contributed by atoms with Gasteiger partial charge in [0, 0.05) is 0 Å². The Balaban J connectivity index is 2.83. The third kappa shape index (κ3) is 3.40. The topological polar surface area (TPSA) is 52.6 Å². The van der Waals surface area contributed by atoms with Crippen LogP contribution in [-0.2, 0) is 15.7 Å². The predicted octanol–water partition coefficient (Wildman–Crippen LogP) is 3.95. The lowest BCUT2D eigenvalue weighted by Gasteiger charge is -2.17. The maximum absolute atomic E-state index is 13.4. The molecule has 0 spiro atoms. The van der Waals surface area contributed by atoms with Gasteiger partial charge in [0.25, 0.3) is 0 Å². The molecule has 0 saturated heterocycles. The Kier molecular flexibility index (Phi) is 4.92. The number of alkyl halides is 3. The van der Waals surface area contributed by atoms with Crippen LogP contribution in [0.1, 0.15) is 26.3 Å². The molecule has 24 heavy (non-hydrogen) atoms. The predicted molar refractivity (Wildman–Crippen MR) is 79.6 cm³/mol. The van der Waals surface area contributed by atoms with Crippen molar-refractivity contribution < 1.29 is 32.2 Å². The van der Waals surface area contributed by atoms with Crippen LogP contribution in [0.3, 0.4) is 0 Å². The molecule has 0 radical (unpaired) electrons. The number of benzene rings is 2. The lowest BCUT2D eigenvalue weighted by atomic mass is 9.93. The second-order valence-electron chi connectivity index (χ2n) is 4.79. The molecule has 0 N–H and O–H groups in total. The number of hydrogen-bond donors (Lipinski definition) is 0. The van der Waals surface area contributed by atoms with Crippen molar-refractivity contribution in [3.8, 4) is 11.1 Å². The lowest BCUT2D eigenvalue weighted by Crippen LogP contribution is -2.16. The van der Waals surface area contributed by atoms with E-state index in [2.05, 4.69) is 9.47 Å². The van der Waals surface area contributed by atoms with Gasteiger partial charge in [-0.1, -0.05) is 30.3 Å². The Morgan fingerprint density at radius 1 is 0.875 bits per heavy atom. The van der Waals surface area contributed by atoms with Gasteiger partial charge in [0.05, 0.1) is 30.9 Å². The molecule has 0 amide bonds. The van der Waals surface area contributed by atoms with Crippen molar-refractivity contribution in [3.63, 3.8) is 0 Å². The van der Waals surface area contributed by atoms with Gasteiger partial charge in [-0.05, 0) is 23.3 Å². The first-order valence-electron chi connectivity index (χ1n) is 6.77. The molecule has 2 rings (SSSR count). The van der Waals surface area contributed by atoms with E-state index in [-0.39, 0.29) is 16.7 Å². The number of esters is 2. The van der Waals surface area contributed by atoms with Crippen LogP contribution in [0.4, 0.5) is 13.2 Å². The van der Waals surface area contributed by atoms with Gasteiger partial charge in [-0.2, -0.15) is 13.2 Å². The summed E-state index contributed by atoms with van der Waals surface area (Å²) in [6.45, 7) is 0. The van der Waals surface area contributed by atoms with E-state index in [1.807, 2.05) is 0 Å². The molecule has 7 heteroatoms. The largest absolute Gasteiger partial charge is 0.465 e. The summed E-state index contributed by atoms with van der Waals surface area (Å²) in [6, 6.07) is 9.35. The van der Waals surface area contributed by atoms with Crippen molar-refractivity contribution in [1.29, 1.82) is 0 Å². The zero-order valence-electron chi connectivity index (χ0n) is 12.8. The molecule has 4 nitrogen and oxygen atoms in total. The van der Waals surface area contributed by atoms with Gasteiger partial charge in [-0.3, -0.25) is 0 Å². The smallest absolute Gasteiger partial charge is 0.417 e. The third-order valence-corrected chi connectivity index (χ3v) is 3.36. The molecule has 2 aromatic rings. The summed E-state index contributed by atoms with van der Waals surface area (Å²) < 4.78 is 49.3. The zero-order chi connectivity index (χ0) is 17.9. The van der Waals surface area contributed by atoms with Gasteiger partial charge in [0.1, 0.15) is 0 Å². The first kappa shape index (κ1) is 17.5. The maximum Gasteiger partial charge on any atom is 0.417 e.